The van der Waals surface area contributed by atoms with Crippen LogP contribution in [0, 0.1) is 0 Å². The third-order valence-corrected chi connectivity index (χ3v) is 3.00. The average Bonchev–Trinajstić information content (AvgIpc) is 2.48. The number of amides is 1. The van der Waals surface area contributed by atoms with Gasteiger partial charge >= 0.3 is 6.09 Å². The van der Waals surface area contributed by atoms with Crippen molar-refractivity contribution in [1.29, 1.82) is 0 Å². The van der Waals surface area contributed by atoms with E-state index in [2.05, 4.69) is 5.32 Å². The average molecular weight is 270 g/mol. The Balaban J connectivity index is 1.93. The summed E-state index contributed by atoms with van der Waals surface area (Å²) < 4.78 is 5.18. The van der Waals surface area contributed by atoms with Crippen LogP contribution in [0.5, 0.6) is 5.75 Å². The van der Waals surface area contributed by atoms with Crippen LogP contribution in [0.1, 0.15) is 24.1 Å². The Labute approximate surface area is 118 Å². The van der Waals surface area contributed by atoms with E-state index in [1.54, 1.807) is 12.1 Å². The summed E-state index contributed by atoms with van der Waals surface area (Å²) in [5.74, 6) is 0.524. The van der Waals surface area contributed by atoms with E-state index in [4.69, 9.17) is 10.5 Å². The van der Waals surface area contributed by atoms with Crippen molar-refractivity contribution in [3.05, 3.63) is 65.7 Å². The summed E-state index contributed by atoms with van der Waals surface area (Å²) in [7, 11) is 0. The molecule has 4 heteroatoms. The van der Waals surface area contributed by atoms with Crippen molar-refractivity contribution < 1.29 is 9.53 Å². The molecule has 2 aromatic carbocycles. The predicted octanol–water partition coefficient (Wildman–Crippen LogP) is 2.99. The molecule has 1 amide bonds. The second-order valence-corrected chi connectivity index (χ2v) is 4.51. The van der Waals surface area contributed by atoms with E-state index in [1.165, 1.54) is 0 Å². The smallest absolute Gasteiger partial charge is 0.410 e. The van der Waals surface area contributed by atoms with Crippen LogP contribution in [0.4, 0.5) is 4.79 Å². The zero-order chi connectivity index (χ0) is 14.4. The van der Waals surface area contributed by atoms with E-state index in [9.17, 15) is 4.79 Å². The van der Waals surface area contributed by atoms with E-state index >= 15 is 0 Å². The summed E-state index contributed by atoms with van der Waals surface area (Å²) in [6, 6.07) is 16.7. The third kappa shape index (κ3) is 3.83. The number of rotatable bonds is 4. The van der Waals surface area contributed by atoms with Gasteiger partial charge in [0.1, 0.15) is 5.75 Å². The number of benzene rings is 2. The van der Waals surface area contributed by atoms with Crippen molar-refractivity contribution in [2.45, 2.75) is 19.5 Å². The fourth-order valence-electron chi connectivity index (χ4n) is 1.83. The maximum atomic E-state index is 11.8. The molecular weight excluding hydrogens is 252 g/mol. The van der Waals surface area contributed by atoms with E-state index in [1.807, 2.05) is 49.4 Å². The molecule has 2 rings (SSSR count). The molecule has 0 heterocycles. The Morgan fingerprint density at radius 1 is 1.15 bits per heavy atom. The number of nitrogens with one attached hydrogen (secondary N) is 1. The SMILES string of the molecule is CC(NC(=O)Oc1ccccc1)c1ccc(CN)cc1. The van der Waals surface area contributed by atoms with Crippen molar-refractivity contribution >= 4 is 6.09 Å². The lowest BCUT2D eigenvalue weighted by Gasteiger charge is -2.14. The minimum Gasteiger partial charge on any atom is -0.410 e. The molecule has 0 saturated heterocycles. The molecule has 0 saturated carbocycles. The third-order valence-electron chi connectivity index (χ3n) is 3.00. The van der Waals surface area contributed by atoms with Crippen LogP contribution in [0.2, 0.25) is 0 Å². The van der Waals surface area contributed by atoms with Gasteiger partial charge in [-0.15, -0.1) is 0 Å². The Morgan fingerprint density at radius 3 is 2.40 bits per heavy atom. The van der Waals surface area contributed by atoms with Crippen molar-refractivity contribution in [2.75, 3.05) is 0 Å². The number of para-hydroxylation sites is 1. The van der Waals surface area contributed by atoms with Gasteiger partial charge in [-0.3, -0.25) is 0 Å². The molecule has 0 aliphatic rings. The Morgan fingerprint density at radius 2 is 1.80 bits per heavy atom. The highest BCUT2D eigenvalue weighted by molar-refractivity contribution is 5.70. The van der Waals surface area contributed by atoms with Crippen molar-refractivity contribution in [1.82, 2.24) is 5.32 Å². The molecule has 2 aromatic rings. The highest BCUT2D eigenvalue weighted by Gasteiger charge is 2.10. The lowest BCUT2D eigenvalue weighted by Crippen LogP contribution is -2.29. The molecule has 3 N–H and O–H groups in total. The second-order valence-electron chi connectivity index (χ2n) is 4.51. The Hall–Kier alpha value is -2.33. The summed E-state index contributed by atoms with van der Waals surface area (Å²) in [6.07, 6.45) is -0.466. The van der Waals surface area contributed by atoms with Gasteiger partial charge in [-0.1, -0.05) is 42.5 Å². The molecule has 4 nitrogen and oxygen atoms in total. The number of carbonyl (C=O) groups excluding carboxylic acids is 1. The van der Waals surface area contributed by atoms with Crippen LogP contribution in [0.25, 0.3) is 0 Å². The van der Waals surface area contributed by atoms with Gasteiger partial charge in [0.05, 0.1) is 6.04 Å². The van der Waals surface area contributed by atoms with Gasteiger partial charge in [0.15, 0.2) is 0 Å². The summed E-state index contributed by atoms with van der Waals surface area (Å²) in [4.78, 5) is 11.8. The molecule has 0 aliphatic heterocycles. The van der Waals surface area contributed by atoms with Gasteiger partial charge in [-0.2, -0.15) is 0 Å². The zero-order valence-corrected chi connectivity index (χ0v) is 11.4. The van der Waals surface area contributed by atoms with Crippen LogP contribution < -0.4 is 15.8 Å². The normalized spacial score (nSPS) is 11.7. The Kier molecular flexibility index (Phi) is 4.74. The number of hydrogen-bond donors (Lipinski definition) is 2. The molecular formula is C16H18N2O2. The van der Waals surface area contributed by atoms with E-state index in [0.717, 1.165) is 11.1 Å². The molecule has 0 bridgehead atoms. The van der Waals surface area contributed by atoms with Gasteiger partial charge < -0.3 is 15.8 Å². The molecule has 1 unspecified atom stereocenters. The molecule has 0 aliphatic carbocycles. The highest BCUT2D eigenvalue weighted by Crippen LogP contribution is 2.14. The minimum absolute atomic E-state index is 0.127. The first kappa shape index (κ1) is 14.1. The van der Waals surface area contributed by atoms with Crippen molar-refractivity contribution in [2.24, 2.45) is 5.73 Å². The molecule has 0 spiro atoms. The molecule has 20 heavy (non-hydrogen) atoms. The fraction of sp³-hybridized carbons (Fsp3) is 0.188. The van der Waals surface area contributed by atoms with Gasteiger partial charge in [0.2, 0.25) is 0 Å². The maximum absolute atomic E-state index is 11.8. The fourth-order valence-corrected chi connectivity index (χ4v) is 1.83. The van der Waals surface area contributed by atoms with Crippen molar-refractivity contribution in [3.8, 4) is 5.75 Å². The van der Waals surface area contributed by atoms with Gasteiger partial charge in [0.25, 0.3) is 0 Å². The van der Waals surface area contributed by atoms with Crippen molar-refractivity contribution in [3.63, 3.8) is 0 Å². The largest absolute Gasteiger partial charge is 0.413 e. The topological polar surface area (TPSA) is 64.3 Å². The summed E-state index contributed by atoms with van der Waals surface area (Å²) >= 11 is 0. The first-order valence-corrected chi connectivity index (χ1v) is 6.51. The van der Waals surface area contributed by atoms with Crippen LogP contribution >= 0.6 is 0 Å². The number of nitrogens with two attached hydrogens (primary N) is 1. The number of ether oxygens (including phenoxy) is 1. The van der Waals surface area contributed by atoms with E-state index in [0.29, 0.717) is 12.3 Å². The standard InChI is InChI=1S/C16H18N2O2/c1-12(14-9-7-13(11-17)8-10-14)18-16(19)20-15-5-3-2-4-6-15/h2-10,12H,11,17H2,1H3,(H,18,19). The molecule has 1 atom stereocenters. The highest BCUT2D eigenvalue weighted by atomic mass is 16.6. The van der Waals surface area contributed by atoms with Gasteiger partial charge in [-0.25, -0.2) is 4.79 Å². The van der Waals surface area contributed by atoms with Crippen LogP contribution in [0.3, 0.4) is 0 Å². The number of carbonyl (C=O) groups is 1. The van der Waals surface area contributed by atoms with Crippen LogP contribution in [-0.4, -0.2) is 6.09 Å². The maximum Gasteiger partial charge on any atom is 0.413 e. The van der Waals surface area contributed by atoms with Crippen LogP contribution in [0.15, 0.2) is 54.6 Å². The summed E-state index contributed by atoms with van der Waals surface area (Å²) in [6.45, 7) is 2.42. The summed E-state index contributed by atoms with van der Waals surface area (Å²) in [5.41, 5.74) is 7.62. The Bertz CT molecular complexity index is 552. The first-order chi connectivity index (χ1) is 9.69. The minimum atomic E-state index is -0.466. The lowest BCUT2D eigenvalue weighted by atomic mass is 10.1. The quantitative estimate of drug-likeness (QED) is 0.897. The van der Waals surface area contributed by atoms with Gasteiger partial charge in [0, 0.05) is 6.54 Å². The zero-order valence-electron chi connectivity index (χ0n) is 11.4. The van der Waals surface area contributed by atoms with Crippen LogP contribution in [-0.2, 0) is 6.54 Å². The molecule has 0 fully saturated rings. The molecule has 104 valence electrons. The molecule has 0 radical (unpaired) electrons. The monoisotopic (exact) mass is 270 g/mol. The summed E-state index contributed by atoms with van der Waals surface area (Å²) in [5, 5.41) is 2.79. The second kappa shape index (κ2) is 6.73. The number of hydrogen-bond acceptors (Lipinski definition) is 3. The predicted molar refractivity (Wildman–Crippen MR) is 78.4 cm³/mol. The molecule has 0 aromatic heterocycles. The first-order valence-electron chi connectivity index (χ1n) is 6.51. The van der Waals surface area contributed by atoms with E-state index in [-0.39, 0.29) is 6.04 Å². The lowest BCUT2D eigenvalue weighted by molar-refractivity contribution is 0.197. The van der Waals surface area contributed by atoms with E-state index < -0.39 is 6.09 Å². The van der Waals surface area contributed by atoms with Gasteiger partial charge in [-0.05, 0) is 30.2 Å².